The van der Waals surface area contributed by atoms with Crippen LogP contribution in [0.5, 0.6) is 0 Å². The molecule has 2 aromatic carbocycles. The number of aliphatic hydroxyl groups excluding tert-OH is 1. The molecule has 0 aliphatic carbocycles. The average molecular weight is 394 g/mol. The van der Waals surface area contributed by atoms with Crippen molar-refractivity contribution in [3.63, 3.8) is 0 Å². The highest BCUT2D eigenvalue weighted by Crippen LogP contribution is 2.31. The Balaban J connectivity index is 1.80. The Labute approximate surface area is 167 Å². The smallest absolute Gasteiger partial charge is 0.131 e. The topological polar surface area (TPSA) is 65.1 Å². The molecule has 1 aromatic heterocycles. The Morgan fingerprint density at radius 2 is 2.07 bits per heavy atom. The van der Waals surface area contributed by atoms with Crippen molar-refractivity contribution >= 4 is 0 Å². The summed E-state index contributed by atoms with van der Waals surface area (Å²) < 4.78 is 29.2. The first-order valence-corrected chi connectivity index (χ1v) is 9.41. The van der Waals surface area contributed by atoms with Crippen molar-refractivity contribution in [3.05, 3.63) is 76.5 Å². The van der Waals surface area contributed by atoms with E-state index in [0.29, 0.717) is 36.3 Å². The normalized spacial score (nSPS) is 15.0. The first-order valence-electron chi connectivity index (χ1n) is 9.41. The zero-order valence-corrected chi connectivity index (χ0v) is 15.9. The number of hydrogen-bond acceptors (Lipinski definition) is 4. The predicted octanol–water partition coefficient (Wildman–Crippen LogP) is 3.44. The molecule has 1 aliphatic heterocycles. The van der Waals surface area contributed by atoms with Gasteiger partial charge in [-0.2, -0.15) is 10.4 Å². The number of benzene rings is 2. The predicted molar refractivity (Wildman–Crippen MR) is 104 cm³/mol. The largest absolute Gasteiger partial charge is 0.379 e. The summed E-state index contributed by atoms with van der Waals surface area (Å²) in [5, 5.41) is 24.0. The molecule has 1 unspecified atom stereocenters. The van der Waals surface area contributed by atoms with Crippen molar-refractivity contribution in [3.8, 4) is 17.3 Å². The molecule has 3 aromatic rings. The fourth-order valence-electron chi connectivity index (χ4n) is 3.74. The summed E-state index contributed by atoms with van der Waals surface area (Å²) in [6, 6.07) is 12.9. The van der Waals surface area contributed by atoms with Gasteiger partial charge in [0.05, 0.1) is 23.9 Å². The van der Waals surface area contributed by atoms with Crippen molar-refractivity contribution in [2.75, 3.05) is 6.54 Å². The summed E-state index contributed by atoms with van der Waals surface area (Å²) in [6.07, 6.45) is 0.0490. The maximum Gasteiger partial charge on any atom is 0.131 e. The quantitative estimate of drug-likeness (QED) is 0.736. The highest BCUT2D eigenvalue weighted by molar-refractivity contribution is 5.66. The van der Waals surface area contributed by atoms with Crippen LogP contribution in [0.1, 0.15) is 29.3 Å². The zero-order valence-electron chi connectivity index (χ0n) is 15.9. The van der Waals surface area contributed by atoms with Crippen molar-refractivity contribution < 1.29 is 13.9 Å². The molecule has 0 amide bonds. The molecule has 7 heteroatoms. The molecule has 0 radical (unpaired) electrons. The molecule has 0 bridgehead atoms. The lowest BCUT2D eigenvalue weighted by molar-refractivity contribution is 0.00881. The van der Waals surface area contributed by atoms with E-state index < -0.39 is 17.9 Å². The van der Waals surface area contributed by atoms with Gasteiger partial charge in [-0.05, 0) is 25.1 Å². The van der Waals surface area contributed by atoms with Crippen molar-refractivity contribution in [1.29, 1.82) is 5.26 Å². The number of halogens is 2. The van der Waals surface area contributed by atoms with Crippen LogP contribution < -0.4 is 0 Å². The number of fused-ring (bicyclic) bond motifs is 1. The fraction of sp³-hybridized carbons (Fsp3) is 0.273. The Morgan fingerprint density at radius 3 is 2.79 bits per heavy atom. The summed E-state index contributed by atoms with van der Waals surface area (Å²) in [5.41, 5.74) is 4.30. The molecule has 1 N–H and O–H groups in total. The second-order valence-electron chi connectivity index (χ2n) is 7.21. The summed E-state index contributed by atoms with van der Waals surface area (Å²) >= 11 is 0. The molecule has 0 fully saturated rings. The van der Waals surface area contributed by atoms with Crippen LogP contribution in [0.3, 0.4) is 0 Å². The Bertz CT molecular complexity index is 1100. The van der Waals surface area contributed by atoms with Gasteiger partial charge in [-0.3, -0.25) is 9.58 Å². The van der Waals surface area contributed by atoms with E-state index in [-0.39, 0.29) is 6.54 Å². The van der Waals surface area contributed by atoms with Crippen molar-refractivity contribution in [2.24, 2.45) is 0 Å². The second-order valence-corrected chi connectivity index (χ2v) is 7.21. The van der Waals surface area contributed by atoms with Gasteiger partial charge in [0, 0.05) is 48.0 Å². The van der Waals surface area contributed by atoms with Crippen molar-refractivity contribution in [2.45, 2.75) is 32.7 Å². The van der Waals surface area contributed by atoms with Crippen LogP contribution in [0.2, 0.25) is 0 Å². The highest BCUT2D eigenvalue weighted by Gasteiger charge is 2.27. The van der Waals surface area contributed by atoms with Crippen LogP contribution in [0.4, 0.5) is 8.78 Å². The maximum absolute atomic E-state index is 14.2. The Hall–Kier alpha value is -3.08. The summed E-state index contributed by atoms with van der Waals surface area (Å²) in [5.74, 6) is -1.22. The molecule has 4 rings (SSSR count). The van der Waals surface area contributed by atoms with Gasteiger partial charge in [0.1, 0.15) is 17.9 Å². The van der Waals surface area contributed by atoms with Crippen LogP contribution in [-0.2, 0) is 19.5 Å². The summed E-state index contributed by atoms with van der Waals surface area (Å²) in [7, 11) is 0. The maximum atomic E-state index is 14.2. The van der Waals surface area contributed by atoms with Crippen LogP contribution in [-0.4, -0.2) is 32.6 Å². The highest BCUT2D eigenvalue weighted by atomic mass is 19.1. The number of nitrogens with zero attached hydrogens (tertiary/aromatic N) is 4. The van der Waals surface area contributed by atoms with E-state index in [2.05, 4.69) is 6.07 Å². The van der Waals surface area contributed by atoms with Crippen LogP contribution >= 0.6 is 0 Å². The molecular formula is C22H20F2N4O. The Morgan fingerprint density at radius 1 is 1.24 bits per heavy atom. The van der Waals surface area contributed by atoms with Crippen molar-refractivity contribution in [1.82, 2.24) is 14.7 Å². The number of rotatable bonds is 4. The van der Waals surface area contributed by atoms with Crippen LogP contribution in [0.25, 0.3) is 11.3 Å². The number of aliphatic hydroxyl groups is 1. The van der Waals surface area contributed by atoms with Crippen LogP contribution in [0.15, 0.2) is 42.5 Å². The third-order valence-electron chi connectivity index (χ3n) is 5.29. The van der Waals surface area contributed by atoms with Gasteiger partial charge >= 0.3 is 0 Å². The third kappa shape index (κ3) is 3.77. The van der Waals surface area contributed by atoms with E-state index in [1.54, 1.807) is 29.8 Å². The molecule has 5 nitrogen and oxygen atoms in total. The molecule has 0 saturated carbocycles. The van der Waals surface area contributed by atoms with E-state index in [1.807, 2.05) is 11.0 Å². The molecule has 0 spiro atoms. The second kappa shape index (κ2) is 7.74. The number of aromatic nitrogens is 2. The zero-order chi connectivity index (χ0) is 20.5. The van der Waals surface area contributed by atoms with Gasteiger partial charge in [0.2, 0.25) is 0 Å². The Kier molecular flexibility index (Phi) is 5.14. The molecule has 2 heterocycles. The van der Waals surface area contributed by atoms with E-state index in [4.69, 9.17) is 5.10 Å². The van der Waals surface area contributed by atoms with E-state index in [0.717, 1.165) is 22.9 Å². The standard InChI is InChI=1S/C22H20F2N4O/c1-14(29)27-8-7-21-19(13-27)22(16-4-2-3-15(9-16)11-25)26-28(21)12-17-5-6-18(23)10-20(17)24/h2-6,9-10,14,29H,7-8,12-13H2,1H3. The first kappa shape index (κ1) is 19.2. The lowest BCUT2D eigenvalue weighted by atomic mass is 9.99. The fourth-order valence-corrected chi connectivity index (χ4v) is 3.74. The molecule has 0 saturated heterocycles. The van der Waals surface area contributed by atoms with Gasteiger partial charge < -0.3 is 5.11 Å². The molecule has 148 valence electrons. The van der Waals surface area contributed by atoms with E-state index >= 15 is 0 Å². The van der Waals surface area contributed by atoms with Gasteiger partial charge in [-0.1, -0.05) is 18.2 Å². The number of hydrogen-bond donors (Lipinski definition) is 1. The van der Waals surface area contributed by atoms with Gasteiger partial charge in [-0.15, -0.1) is 0 Å². The first-order chi connectivity index (χ1) is 14.0. The summed E-state index contributed by atoms with van der Waals surface area (Å²) in [6.45, 7) is 3.06. The minimum Gasteiger partial charge on any atom is -0.379 e. The van der Waals surface area contributed by atoms with Gasteiger partial charge in [-0.25, -0.2) is 8.78 Å². The SMILES string of the molecule is CC(O)N1CCc2c(c(-c3cccc(C#N)c3)nn2Cc2ccc(F)cc2F)C1. The van der Waals surface area contributed by atoms with E-state index in [1.165, 1.54) is 12.1 Å². The minimum atomic E-state index is -0.615. The lowest BCUT2D eigenvalue weighted by Crippen LogP contribution is -2.37. The molecule has 1 atom stereocenters. The summed E-state index contributed by atoms with van der Waals surface area (Å²) in [4.78, 5) is 1.93. The van der Waals surface area contributed by atoms with Gasteiger partial charge in [0.25, 0.3) is 0 Å². The molecule has 29 heavy (non-hydrogen) atoms. The number of nitriles is 1. The van der Waals surface area contributed by atoms with Crippen LogP contribution in [0, 0.1) is 23.0 Å². The van der Waals surface area contributed by atoms with Gasteiger partial charge in [0.15, 0.2) is 0 Å². The molecule has 1 aliphatic rings. The average Bonchev–Trinajstić information content (AvgIpc) is 3.08. The molecular weight excluding hydrogens is 374 g/mol. The third-order valence-corrected chi connectivity index (χ3v) is 5.29. The monoisotopic (exact) mass is 394 g/mol. The minimum absolute atomic E-state index is 0.182. The van der Waals surface area contributed by atoms with E-state index in [9.17, 15) is 19.1 Å². The lowest BCUT2D eigenvalue weighted by Gasteiger charge is -2.30.